The van der Waals surface area contributed by atoms with E-state index in [0.717, 1.165) is 0 Å². The van der Waals surface area contributed by atoms with Gasteiger partial charge in [-0.05, 0) is 52.3 Å². The lowest BCUT2D eigenvalue weighted by Gasteiger charge is -2.11. The van der Waals surface area contributed by atoms with Gasteiger partial charge in [-0.25, -0.2) is 4.98 Å². The number of pyridine rings is 1. The van der Waals surface area contributed by atoms with Gasteiger partial charge in [-0.3, -0.25) is 9.59 Å². The summed E-state index contributed by atoms with van der Waals surface area (Å²) in [7, 11) is 3.38. The Labute approximate surface area is 131 Å². The number of benzene rings is 1. The van der Waals surface area contributed by atoms with Crippen molar-refractivity contribution >= 4 is 33.4 Å². The highest BCUT2D eigenvalue weighted by Crippen LogP contribution is 2.13. The zero-order valence-electron chi connectivity index (χ0n) is 11.6. The predicted molar refractivity (Wildman–Crippen MR) is 84.3 cm³/mol. The molecule has 0 fully saturated rings. The third kappa shape index (κ3) is 3.88. The second-order valence-corrected chi connectivity index (χ2v) is 5.39. The SMILES string of the molecule is CN(C)C(=O)c1ccc(NC(=O)c2cccc(Br)n2)cc1. The molecule has 0 radical (unpaired) electrons. The molecule has 2 aromatic rings. The van der Waals surface area contributed by atoms with Gasteiger partial charge in [0.05, 0.1) is 0 Å². The van der Waals surface area contributed by atoms with Crippen molar-refractivity contribution in [3.8, 4) is 0 Å². The fourth-order valence-corrected chi connectivity index (χ4v) is 2.03. The first-order valence-corrected chi connectivity index (χ1v) is 7.02. The van der Waals surface area contributed by atoms with Crippen molar-refractivity contribution in [3.05, 3.63) is 58.3 Å². The molecular weight excluding hydrogens is 334 g/mol. The Balaban J connectivity index is 2.10. The van der Waals surface area contributed by atoms with Crippen LogP contribution in [0.15, 0.2) is 47.1 Å². The summed E-state index contributed by atoms with van der Waals surface area (Å²) < 4.78 is 0.599. The minimum atomic E-state index is -0.303. The van der Waals surface area contributed by atoms with E-state index in [4.69, 9.17) is 0 Å². The minimum absolute atomic E-state index is 0.0819. The lowest BCUT2D eigenvalue weighted by atomic mass is 10.2. The maximum Gasteiger partial charge on any atom is 0.274 e. The molecule has 1 aromatic heterocycles. The predicted octanol–water partition coefficient (Wildman–Crippen LogP) is 2.80. The van der Waals surface area contributed by atoms with E-state index >= 15 is 0 Å². The van der Waals surface area contributed by atoms with Crippen LogP contribution in [0.5, 0.6) is 0 Å². The van der Waals surface area contributed by atoms with Crippen LogP contribution in [0, 0.1) is 0 Å². The van der Waals surface area contributed by atoms with Gasteiger partial charge in [0, 0.05) is 25.3 Å². The van der Waals surface area contributed by atoms with Crippen LogP contribution >= 0.6 is 15.9 Å². The van der Waals surface area contributed by atoms with E-state index in [9.17, 15) is 9.59 Å². The first-order valence-electron chi connectivity index (χ1n) is 6.23. The number of aromatic nitrogens is 1. The van der Waals surface area contributed by atoms with Gasteiger partial charge in [0.15, 0.2) is 0 Å². The van der Waals surface area contributed by atoms with E-state index in [1.54, 1.807) is 56.6 Å². The molecule has 0 saturated heterocycles. The van der Waals surface area contributed by atoms with Gasteiger partial charge in [-0.1, -0.05) is 6.07 Å². The van der Waals surface area contributed by atoms with Crippen LogP contribution in [0.4, 0.5) is 5.69 Å². The standard InChI is InChI=1S/C15H14BrN3O2/c1-19(2)15(21)10-6-8-11(9-7-10)17-14(20)12-4-3-5-13(16)18-12/h3-9H,1-2H3,(H,17,20). The largest absolute Gasteiger partial charge is 0.345 e. The normalized spacial score (nSPS) is 10.0. The number of nitrogens with zero attached hydrogens (tertiary/aromatic N) is 2. The summed E-state index contributed by atoms with van der Waals surface area (Å²) in [6.45, 7) is 0. The molecule has 1 N–H and O–H groups in total. The second-order valence-electron chi connectivity index (χ2n) is 4.58. The average Bonchev–Trinajstić information content (AvgIpc) is 2.47. The second kappa shape index (κ2) is 6.49. The van der Waals surface area contributed by atoms with E-state index in [1.165, 1.54) is 4.90 Å². The molecule has 2 amide bonds. The minimum Gasteiger partial charge on any atom is -0.345 e. The van der Waals surface area contributed by atoms with E-state index < -0.39 is 0 Å². The summed E-state index contributed by atoms with van der Waals surface area (Å²) in [5.41, 5.74) is 1.49. The zero-order chi connectivity index (χ0) is 15.4. The average molecular weight is 348 g/mol. The Morgan fingerprint density at radius 2 is 1.76 bits per heavy atom. The Morgan fingerprint density at radius 1 is 1.10 bits per heavy atom. The topological polar surface area (TPSA) is 62.3 Å². The summed E-state index contributed by atoms with van der Waals surface area (Å²) in [6, 6.07) is 11.8. The Hall–Kier alpha value is -2.21. The van der Waals surface area contributed by atoms with E-state index in [2.05, 4.69) is 26.2 Å². The summed E-state index contributed by atoms with van der Waals surface area (Å²) in [5, 5.41) is 2.73. The molecule has 0 aliphatic rings. The summed E-state index contributed by atoms with van der Waals surface area (Å²) in [5.74, 6) is -0.385. The van der Waals surface area contributed by atoms with Crippen molar-refractivity contribution < 1.29 is 9.59 Å². The molecule has 1 aromatic carbocycles. The third-order valence-electron chi connectivity index (χ3n) is 2.74. The highest BCUT2D eigenvalue weighted by molar-refractivity contribution is 9.10. The Bertz CT molecular complexity index is 669. The summed E-state index contributed by atoms with van der Waals surface area (Å²) in [6.07, 6.45) is 0. The molecule has 108 valence electrons. The number of hydrogen-bond acceptors (Lipinski definition) is 3. The number of amides is 2. The highest BCUT2D eigenvalue weighted by atomic mass is 79.9. The van der Waals surface area contributed by atoms with E-state index in [0.29, 0.717) is 21.5 Å². The van der Waals surface area contributed by atoms with Crippen molar-refractivity contribution in [2.75, 3.05) is 19.4 Å². The molecule has 0 aliphatic heterocycles. The third-order valence-corrected chi connectivity index (χ3v) is 3.19. The molecule has 0 aliphatic carbocycles. The first-order chi connectivity index (χ1) is 9.97. The molecule has 0 saturated carbocycles. The van der Waals surface area contributed by atoms with Crippen LogP contribution in [-0.4, -0.2) is 35.8 Å². The fourth-order valence-electron chi connectivity index (χ4n) is 1.68. The number of hydrogen-bond donors (Lipinski definition) is 1. The van der Waals surface area contributed by atoms with Crippen molar-refractivity contribution in [2.45, 2.75) is 0 Å². The molecule has 6 heteroatoms. The number of halogens is 1. The zero-order valence-corrected chi connectivity index (χ0v) is 13.2. The van der Waals surface area contributed by atoms with E-state index in [1.807, 2.05) is 0 Å². The van der Waals surface area contributed by atoms with Gasteiger partial charge < -0.3 is 10.2 Å². The Kier molecular flexibility index (Phi) is 4.70. The molecule has 1 heterocycles. The van der Waals surface area contributed by atoms with Gasteiger partial charge in [-0.15, -0.1) is 0 Å². The molecule has 5 nitrogen and oxygen atoms in total. The maximum absolute atomic E-state index is 12.0. The van der Waals surface area contributed by atoms with Crippen LogP contribution in [0.25, 0.3) is 0 Å². The van der Waals surface area contributed by atoms with Gasteiger partial charge in [-0.2, -0.15) is 0 Å². The van der Waals surface area contributed by atoms with Crippen molar-refractivity contribution in [3.63, 3.8) is 0 Å². The number of carbonyl (C=O) groups is 2. The van der Waals surface area contributed by atoms with Gasteiger partial charge in [0.25, 0.3) is 11.8 Å². The lowest BCUT2D eigenvalue weighted by Crippen LogP contribution is -2.21. The van der Waals surface area contributed by atoms with Gasteiger partial charge >= 0.3 is 0 Å². The molecular formula is C15H14BrN3O2. The fraction of sp³-hybridized carbons (Fsp3) is 0.133. The summed E-state index contributed by atoms with van der Waals surface area (Å²) >= 11 is 3.22. The molecule has 21 heavy (non-hydrogen) atoms. The highest BCUT2D eigenvalue weighted by Gasteiger charge is 2.10. The smallest absolute Gasteiger partial charge is 0.274 e. The van der Waals surface area contributed by atoms with Gasteiger partial charge in [0.1, 0.15) is 10.3 Å². The van der Waals surface area contributed by atoms with Crippen LogP contribution in [0.3, 0.4) is 0 Å². The number of nitrogens with one attached hydrogen (secondary N) is 1. The van der Waals surface area contributed by atoms with Crippen LogP contribution in [-0.2, 0) is 0 Å². The summed E-state index contributed by atoms with van der Waals surface area (Å²) in [4.78, 5) is 29.4. The Morgan fingerprint density at radius 3 is 2.33 bits per heavy atom. The monoisotopic (exact) mass is 347 g/mol. The number of rotatable bonds is 3. The van der Waals surface area contributed by atoms with Crippen LogP contribution in [0.2, 0.25) is 0 Å². The van der Waals surface area contributed by atoms with Gasteiger partial charge in [0.2, 0.25) is 0 Å². The van der Waals surface area contributed by atoms with Crippen LogP contribution < -0.4 is 5.32 Å². The maximum atomic E-state index is 12.0. The van der Waals surface area contributed by atoms with Crippen molar-refractivity contribution in [2.24, 2.45) is 0 Å². The van der Waals surface area contributed by atoms with E-state index in [-0.39, 0.29) is 11.8 Å². The first kappa shape index (κ1) is 15.2. The number of anilines is 1. The molecule has 0 atom stereocenters. The molecule has 2 rings (SSSR count). The quantitative estimate of drug-likeness (QED) is 0.868. The van der Waals surface area contributed by atoms with Crippen molar-refractivity contribution in [1.82, 2.24) is 9.88 Å². The van der Waals surface area contributed by atoms with Crippen LogP contribution in [0.1, 0.15) is 20.8 Å². The molecule has 0 bridgehead atoms. The molecule has 0 unspecified atom stereocenters. The number of carbonyl (C=O) groups excluding carboxylic acids is 2. The lowest BCUT2D eigenvalue weighted by molar-refractivity contribution is 0.0827. The molecule has 0 spiro atoms. The van der Waals surface area contributed by atoms with Crippen molar-refractivity contribution in [1.29, 1.82) is 0 Å².